The second kappa shape index (κ2) is 3.89. The Morgan fingerprint density at radius 3 is 2.50 bits per heavy atom. The van der Waals surface area contributed by atoms with Crippen molar-refractivity contribution < 1.29 is 0 Å². The lowest BCUT2D eigenvalue weighted by atomic mass is 10.2. The number of nitrogens with zero attached hydrogens (tertiary/aromatic N) is 2. The number of benzene rings is 1. The van der Waals surface area contributed by atoms with Crippen LogP contribution in [-0.2, 0) is 0 Å². The molecule has 1 aromatic heterocycles. The highest BCUT2D eigenvalue weighted by atomic mass is 35.5. The molecule has 2 rings (SSSR count). The molecule has 1 aromatic carbocycles. The van der Waals surface area contributed by atoms with E-state index in [0.29, 0.717) is 11.0 Å². The smallest absolute Gasteiger partial charge is 0.167 e. The third-order valence-electron chi connectivity index (χ3n) is 1.77. The first-order chi connectivity index (χ1) is 6.68. The molecule has 1 heterocycles. The lowest BCUT2D eigenvalue weighted by Crippen LogP contribution is -1.95. The summed E-state index contributed by atoms with van der Waals surface area (Å²) in [6.45, 7) is 0. The van der Waals surface area contributed by atoms with Crippen molar-refractivity contribution >= 4 is 45.7 Å². The van der Waals surface area contributed by atoms with Crippen molar-refractivity contribution in [3.63, 3.8) is 0 Å². The van der Waals surface area contributed by atoms with Crippen molar-refractivity contribution in [2.45, 2.75) is 4.84 Å². The van der Waals surface area contributed by atoms with Crippen molar-refractivity contribution in [3.05, 3.63) is 35.2 Å². The zero-order valence-electron chi connectivity index (χ0n) is 6.92. The number of hydrogen-bond acceptors (Lipinski definition) is 2. The maximum absolute atomic E-state index is 5.94. The first-order valence-electron chi connectivity index (χ1n) is 3.89. The molecule has 0 unspecified atom stereocenters. The van der Waals surface area contributed by atoms with Crippen molar-refractivity contribution in [3.8, 4) is 0 Å². The summed E-state index contributed by atoms with van der Waals surface area (Å²) in [5.41, 5.74) is 0.744. The molecule has 0 atom stereocenters. The molecule has 0 N–H and O–H groups in total. The van der Waals surface area contributed by atoms with E-state index in [9.17, 15) is 0 Å². The lowest BCUT2D eigenvalue weighted by Gasteiger charge is -2.03. The largest absolute Gasteiger partial charge is 0.230 e. The Morgan fingerprint density at radius 1 is 1.07 bits per heavy atom. The molecule has 2 nitrogen and oxygen atoms in total. The average molecular weight is 248 g/mol. The summed E-state index contributed by atoms with van der Waals surface area (Å²) >= 11 is 17.3. The van der Waals surface area contributed by atoms with E-state index in [-0.39, 0.29) is 0 Å². The average Bonchev–Trinajstić information content (AvgIpc) is 2.17. The molecule has 0 amide bonds. The van der Waals surface area contributed by atoms with Gasteiger partial charge >= 0.3 is 0 Å². The van der Waals surface area contributed by atoms with E-state index in [2.05, 4.69) is 9.97 Å². The molecular weight excluding hydrogens is 242 g/mol. The standard InChI is InChI=1S/C9H5Cl3N2/c10-7(11)9-13-6-4-2-1-3-5(6)8(12)14-9/h1-4,7H. The third kappa shape index (κ3) is 1.78. The second-order valence-electron chi connectivity index (χ2n) is 2.69. The first-order valence-corrected chi connectivity index (χ1v) is 5.14. The quantitative estimate of drug-likeness (QED) is 0.566. The minimum atomic E-state index is -0.753. The van der Waals surface area contributed by atoms with Gasteiger partial charge in [-0.05, 0) is 12.1 Å². The zero-order chi connectivity index (χ0) is 10.1. The molecule has 0 aliphatic heterocycles. The predicted octanol–water partition coefficient (Wildman–Crippen LogP) is 3.76. The number of para-hydroxylation sites is 1. The number of alkyl halides is 2. The summed E-state index contributed by atoms with van der Waals surface area (Å²) in [4.78, 5) is 7.41. The van der Waals surface area contributed by atoms with Gasteiger partial charge in [0.15, 0.2) is 10.7 Å². The Bertz CT molecular complexity index is 471. The lowest BCUT2D eigenvalue weighted by molar-refractivity contribution is 1.04. The van der Waals surface area contributed by atoms with Gasteiger partial charge < -0.3 is 0 Å². The number of halogens is 3. The van der Waals surface area contributed by atoms with Gasteiger partial charge in [0.2, 0.25) is 0 Å². The Balaban J connectivity index is 2.72. The van der Waals surface area contributed by atoms with Crippen LogP contribution in [0.25, 0.3) is 10.9 Å². The van der Waals surface area contributed by atoms with Crippen molar-refractivity contribution in [2.75, 3.05) is 0 Å². The van der Waals surface area contributed by atoms with Crippen LogP contribution >= 0.6 is 34.8 Å². The van der Waals surface area contributed by atoms with Crippen LogP contribution in [0.4, 0.5) is 0 Å². The fourth-order valence-corrected chi connectivity index (χ4v) is 1.59. The number of aromatic nitrogens is 2. The highest BCUT2D eigenvalue weighted by molar-refractivity contribution is 6.43. The molecule has 0 aliphatic carbocycles. The van der Waals surface area contributed by atoms with Gasteiger partial charge in [-0.3, -0.25) is 0 Å². The Labute approximate surface area is 95.8 Å². The summed E-state index contributed by atoms with van der Waals surface area (Å²) in [5.74, 6) is 0.331. The van der Waals surface area contributed by atoms with Crippen LogP contribution in [0.15, 0.2) is 24.3 Å². The first kappa shape index (κ1) is 9.97. The van der Waals surface area contributed by atoms with Crippen molar-refractivity contribution in [2.24, 2.45) is 0 Å². The number of hydrogen-bond donors (Lipinski definition) is 0. The van der Waals surface area contributed by atoms with E-state index >= 15 is 0 Å². The molecule has 0 bridgehead atoms. The number of rotatable bonds is 1. The second-order valence-corrected chi connectivity index (χ2v) is 4.14. The van der Waals surface area contributed by atoms with Gasteiger partial charge in [0.05, 0.1) is 5.52 Å². The van der Waals surface area contributed by atoms with Crippen molar-refractivity contribution in [1.29, 1.82) is 0 Å². The third-order valence-corrected chi connectivity index (χ3v) is 2.45. The van der Waals surface area contributed by atoms with Crippen LogP contribution in [0.2, 0.25) is 5.15 Å². The normalized spacial score (nSPS) is 11.1. The zero-order valence-corrected chi connectivity index (χ0v) is 9.18. The molecule has 0 aliphatic rings. The van der Waals surface area contributed by atoms with E-state index < -0.39 is 4.84 Å². The molecule has 0 saturated heterocycles. The van der Waals surface area contributed by atoms with Gasteiger partial charge in [-0.1, -0.05) is 46.9 Å². The molecule has 72 valence electrons. The number of fused-ring (bicyclic) bond motifs is 1. The Kier molecular flexibility index (Phi) is 2.77. The van der Waals surface area contributed by atoms with Gasteiger partial charge in [-0.2, -0.15) is 0 Å². The van der Waals surface area contributed by atoms with Gasteiger partial charge in [-0.25, -0.2) is 9.97 Å². The summed E-state index contributed by atoms with van der Waals surface area (Å²) in [5, 5.41) is 1.17. The van der Waals surface area contributed by atoms with Gasteiger partial charge in [0, 0.05) is 5.39 Å². The molecular formula is C9H5Cl3N2. The summed E-state index contributed by atoms with van der Waals surface area (Å²) < 4.78 is 0. The van der Waals surface area contributed by atoms with E-state index in [1.807, 2.05) is 24.3 Å². The van der Waals surface area contributed by atoms with Crippen LogP contribution in [0.1, 0.15) is 10.7 Å². The van der Waals surface area contributed by atoms with Gasteiger partial charge in [0.1, 0.15) is 5.15 Å². The summed E-state index contributed by atoms with van der Waals surface area (Å²) in [6.07, 6.45) is 0. The molecule has 2 aromatic rings. The van der Waals surface area contributed by atoms with Crippen LogP contribution in [0.5, 0.6) is 0 Å². The van der Waals surface area contributed by atoms with Crippen LogP contribution in [0.3, 0.4) is 0 Å². The van der Waals surface area contributed by atoms with Crippen LogP contribution < -0.4 is 0 Å². The minimum Gasteiger partial charge on any atom is -0.230 e. The van der Waals surface area contributed by atoms with Gasteiger partial charge in [-0.15, -0.1) is 0 Å². The van der Waals surface area contributed by atoms with E-state index in [1.165, 1.54) is 0 Å². The van der Waals surface area contributed by atoms with E-state index in [0.717, 1.165) is 10.9 Å². The maximum Gasteiger partial charge on any atom is 0.167 e. The molecule has 5 heteroatoms. The van der Waals surface area contributed by atoms with Crippen LogP contribution in [-0.4, -0.2) is 9.97 Å². The molecule has 0 radical (unpaired) electrons. The monoisotopic (exact) mass is 246 g/mol. The van der Waals surface area contributed by atoms with Gasteiger partial charge in [0.25, 0.3) is 0 Å². The minimum absolute atomic E-state index is 0.331. The fraction of sp³-hybridized carbons (Fsp3) is 0.111. The molecule has 0 spiro atoms. The molecule has 0 fully saturated rings. The Hall–Kier alpha value is -0.570. The Morgan fingerprint density at radius 2 is 1.79 bits per heavy atom. The fourth-order valence-electron chi connectivity index (χ4n) is 1.15. The highest BCUT2D eigenvalue weighted by Gasteiger charge is 2.10. The molecule has 14 heavy (non-hydrogen) atoms. The van der Waals surface area contributed by atoms with E-state index in [1.54, 1.807) is 0 Å². The maximum atomic E-state index is 5.94. The summed E-state index contributed by atoms with van der Waals surface area (Å²) in [6, 6.07) is 7.42. The SMILES string of the molecule is Clc1nc(C(Cl)Cl)nc2ccccc12. The van der Waals surface area contributed by atoms with E-state index in [4.69, 9.17) is 34.8 Å². The predicted molar refractivity (Wildman–Crippen MR) is 59.0 cm³/mol. The van der Waals surface area contributed by atoms with Crippen LogP contribution in [0, 0.1) is 0 Å². The molecule has 0 saturated carbocycles. The summed E-state index contributed by atoms with van der Waals surface area (Å²) in [7, 11) is 0. The topological polar surface area (TPSA) is 25.8 Å². The van der Waals surface area contributed by atoms with Crippen molar-refractivity contribution in [1.82, 2.24) is 9.97 Å². The highest BCUT2D eigenvalue weighted by Crippen LogP contribution is 2.26.